The van der Waals surface area contributed by atoms with Crippen molar-refractivity contribution in [2.75, 3.05) is 13.2 Å². The minimum absolute atomic E-state index is 0.103. The topological polar surface area (TPSA) is 52.6 Å². The van der Waals surface area contributed by atoms with Gasteiger partial charge in [0.2, 0.25) is 0 Å². The van der Waals surface area contributed by atoms with E-state index in [0.29, 0.717) is 19.6 Å². The van der Waals surface area contributed by atoms with E-state index in [1.54, 1.807) is 0 Å². The fourth-order valence-electron chi connectivity index (χ4n) is 1.54. The van der Waals surface area contributed by atoms with Crippen molar-refractivity contribution in [3.05, 3.63) is 12.7 Å². The first-order valence-corrected chi connectivity index (χ1v) is 6.65. The van der Waals surface area contributed by atoms with Crippen molar-refractivity contribution in [3.63, 3.8) is 0 Å². The number of carbonyl (C=O) groups is 2. The standard InChI is InChI=1S/C14H24O4/c1-3-13(15)18-12-10-8-6-5-7-9-11-14(16)17-4-2/h3H,1,4-12H2,2H3. The summed E-state index contributed by atoms with van der Waals surface area (Å²) in [5.41, 5.74) is 0. The van der Waals surface area contributed by atoms with Crippen LogP contribution in [0.3, 0.4) is 0 Å². The maximum absolute atomic E-state index is 11.0. The van der Waals surface area contributed by atoms with Gasteiger partial charge in [-0.3, -0.25) is 4.79 Å². The molecule has 0 atom stereocenters. The van der Waals surface area contributed by atoms with Crippen molar-refractivity contribution in [2.24, 2.45) is 0 Å². The highest BCUT2D eigenvalue weighted by Crippen LogP contribution is 2.07. The molecule has 0 aromatic rings. The van der Waals surface area contributed by atoms with Gasteiger partial charge in [0.25, 0.3) is 0 Å². The Balaban J connectivity index is 3.14. The first-order chi connectivity index (χ1) is 8.70. The normalized spacial score (nSPS) is 9.83. The van der Waals surface area contributed by atoms with E-state index in [2.05, 4.69) is 6.58 Å². The third-order valence-corrected chi connectivity index (χ3v) is 2.49. The highest BCUT2D eigenvalue weighted by molar-refractivity contribution is 5.81. The summed E-state index contributed by atoms with van der Waals surface area (Å²) in [4.78, 5) is 21.7. The van der Waals surface area contributed by atoms with E-state index < -0.39 is 0 Å². The lowest BCUT2D eigenvalue weighted by atomic mass is 10.1. The molecule has 0 bridgehead atoms. The minimum Gasteiger partial charge on any atom is -0.466 e. The molecule has 0 saturated carbocycles. The zero-order chi connectivity index (χ0) is 13.6. The van der Waals surface area contributed by atoms with Gasteiger partial charge in [-0.1, -0.05) is 32.3 Å². The fraction of sp³-hybridized carbons (Fsp3) is 0.714. The summed E-state index contributed by atoms with van der Waals surface area (Å²) in [5.74, 6) is -0.460. The molecule has 0 unspecified atom stereocenters. The molecule has 0 rings (SSSR count). The molecule has 0 saturated heterocycles. The Hall–Kier alpha value is -1.32. The second-order valence-corrected chi connectivity index (χ2v) is 4.05. The van der Waals surface area contributed by atoms with Gasteiger partial charge in [0.15, 0.2) is 0 Å². The molecule has 4 nitrogen and oxygen atoms in total. The van der Waals surface area contributed by atoms with Gasteiger partial charge in [-0.15, -0.1) is 0 Å². The number of hydrogen-bond acceptors (Lipinski definition) is 4. The molecule has 4 heteroatoms. The van der Waals surface area contributed by atoms with Crippen molar-refractivity contribution in [1.29, 1.82) is 0 Å². The molecule has 0 aromatic heterocycles. The Kier molecular flexibility index (Phi) is 11.3. The molecule has 0 aliphatic heterocycles. The van der Waals surface area contributed by atoms with E-state index >= 15 is 0 Å². The number of rotatable bonds is 11. The summed E-state index contributed by atoms with van der Waals surface area (Å²) in [6.07, 6.45) is 7.78. The quantitative estimate of drug-likeness (QED) is 0.324. The van der Waals surface area contributed by atoms with Crippen LogP contribution in [-0.2, 0) is 19.1 Å². The number of unbranched alkanes of at least 4 members (excludes halogenated alkanes) is 5. The van der Waals surface area contributed by atoms with Gasteiger partial charge in [0.05, 0.1) is 13.2 Å². The average molecular weight is 256 g/mol. The minimum atomic E-state index is -0.357. The number of esters is 2. The van der Waals surface area contributed by atoms with E-state index in [0.717, 1.165) is 38.5 Å². The third kappa shape index (κ3) is 11.2. The molecule has 0 heterocycles. The predicted molar refractivity (Wildman–Crippen MR) is 70.1 cm³/mol. The summed E-state index contributed by atoms with van der Waals surface area (Å²) in [5, 5.41) is 0. The molecule has 0 amide bonds. The molecule has 0 fully saturated rings. The van der Waals surface area contributed by atoms with Crippen molar-refractivity contribution in [3.8, 4) is 0 Å². The molecule has 0 aromatic carbocycles. The molecule has 104 valence electrons. The second kappa shape index (κ2) is 12.1. The Morgan fingerprint density at radius 1 is 1.00 bits per heavy atom. The summed E-state index contributed by atoms with van der Waals surface area (Å²) < 4.78 is 9.70. The Labute approximate surface area is 109 Å². The van der Waals surface area contributed by atoms with Crippen LogP contribution >= 0.6 is 0 Å². The van der Waals surface area contributed by atoms with Crippen LogP contribution in [0.5, 0.6) is 0 Å². The van der Waals surface area contributed by atoms with Crippen LogP contribution in [0, 0.1) is 0 Å². The van der Waals surface area contributed by atoms with E-state index in [9.17, 15) is 9.59 Å². The van der Waals surface area contributed by atoms with Gasteiger partial charge < -0.3 is 9.47 Å². The van der Waals surface area contributed by atoms with Crippen LogP contribution in [0.2, 0.25) is 0 Å². The lowest BCUT2D eigenvalue weighted by molar-refractivity contribution is -0.143. The van der Waals surface area contributed by atoms with Crippen LogP contribution in [-0.4, -0.2) is 25.2 Å². The first kappa shape index (κ1) is 16.7. The Morgan fingerprint density at radius 3 is 2.22 bits per heavy atom. The second-order valence-electron chi connectivity index (χ2n) is 4.05. The lowest BCUT2D eigenvalue weighted by Gasteiger charge is -2.03. The zero-order valence-corrected chi connectivity index (χ0v) is 11.3. The number of hydrogen-bond donors (Lipinski definition) is 0. The largest absolute Gasteiger partial charge is 0.466 e. The molecule has 0 spiro atoms. The van der Waals surface area contributed by atoms with Gasteiger partial charge in [-0.25, -0.2) is 4.79 Å². The highest BCUT2D eigenvalue weighted by atomic mass is 16.5. The summed E-state index contributed by atoms with van der Waals surface area (Å²) in [6, 6.07) is 0. The maximum Gasteiger partial charge on any atom is 0.330 e. The summed E-state index contributed by atoms with van der Waals surface area (Å²) in [6.45, 7) is 6.07. The molecule has 0 N–H and O–H groups in total. The lowest BCUT2D eigenvalue weighted by Crippen LogP contribution is -2.03. The van der Waals surface area contributed by atoms with Gasteiger partial charge in [-0.2, -0.15) is 0 Å². The average Bonchev–Trinajstić information content (AvgIpc) is 2.36. The maximum atomic E-state index is 11.0. The van der Waals surface area contributed by atoms with E-state index in [-0.39, 0.29) is 11.9 Å². The molecule has 0 aliphatic carbocycles. The van der Waals surface area contributed by atoms with E-state index in [4.69, 9.17) is 9.47 Å². The van der Waals surface area contributed by atoms with Crippen LogP contribution in [0.25, 0.3) is 0 Å². The monoisotopic (exact) mass is 256 g/mol. The fourth-order valence-corrected chi connectivity index (χ4v) is 1.54. The highest BCUT2D eigenvalue weighted by Gasteiger charge is 2.00. The molecule has 0 aliphatic rings. The van der Waals surface area contributed by atoms with Crippen molar-refractivity contribution >= 4 is 11.9 Å². The van der Waals surface area contributed by atoms with E-state index in [1.165, 1.54) is 6.08 Å². The van der Waals surface area contributed by atoms with Crippen LogP contribution < -0.4 is 0 Å². The van der Waals surface area contributed by atoms with Crippen molar-refractivity contribution in [1.82, 2.24) is 0 Å². The third-order valence-electron chi connectivity index (χ3n) is 2.49. The van der Waals surface area contributed by atoms with Gasteiger partial charge >= 0.3 is 11.9 Å². The van der Waals surface area contributed by atoms with Gasteiger partial charge in [0.1, 0.15) is 0 Å². The van der Waals surface area contributed by atoms with Crippen LogP contribution in [0.4, 0.5) is 0 Å². The van der Waals surface area contributed by atoms with Gasteiger partial charge in [0, 0.05) is 12.5 Å². The SMILES string of the molecule is C=CC(=O)OCCCCCCCCC(=O)OCC. The molecular formula is C14H24O4. The number of ether oxygens (including phenoxy) is 2. The molecule has 0 radical (unpaired) electrons. The van der Waals surface area contributed by atoms with Crippen molar-refractivity contribution in [2.45, 2.75) is 51.9 Å². The summed E-state index contributed by atoms with van der Waals surface area (Å²) in [7, 11) is 0. The Bertz CT molecular complexity index is 248. The number of carbonyl (C=O) groups excluding carboxylic acids is 2. The summed E-state index contributed by atoms with van der Waals surface area (Å²) >= 11 is 0. The molecular weight excluding hydrogens is 232 g/mol. The van der Waals surface area contributed by atoms with E-state index in [1.807, 2.05) is 6.92 Å². The smallest absolute Gasteiger partial charge is 0.330 e. The zero-order valence-electron chi connectivity index (χ0n) is 11.3. The van der Waals surface area contributed by atoms with Crippen molar-refractivity contribution < 1.29 is 19.1 Å². The molecule has 18 heavy (non-hydrogen) atoms. The first-order valence-electron chi connectivity index (χ1n) is 6.65. The Morgan fingerprint density at radius 2 is 1.61 bits per heavy atom. The van der Waals surface area contributed by atoms with Gasteiger partial charge in [-0.05, 0) is 19.8 Å². The predicted octanol–water partition coefficient (Wildman–Crippen LogP) is 3.01. The van der Waals surface area contributed by atoms with Crippen LogP contribution in [0.15, 0.2) is 12.7 Å². The van der Waals surface area contributed by atoms with Crippen LogP contribution in [0.1, 0.15) is 51.9 Å².